The second-order valence-electron chi connectivity index (χ2n) is 6.03. The molecule has 2 aliphatic heterocycles. The molecule has 4 heteroatoms. The number of carboxylic acids is 1. The lowest BCUT2D eigenvalue weighted by molar-refractivity contribution is -0.145. The maximum absolute atomic E-state index is 11.4. The van der Waals surface area contributed by atoms with E-state index in [4.69, 9.17) is 4.74 Å². The molecule has 3 rings (SSSR count). The molecule has 2 heterocycles. The predicted molar refractivity (Wildman–Crippen MR) is 76.0 cm³/mol. The van der Waals surface area contributed by atoms with Crippen molar-refractivity contribution in [2.45, 2.75) is 38.3 Å². The number of fused-ring (bicyclic) bond motifs is 1. The summed E-state index contributed by atoms with van der Waals surface area (Å²) in [6.45, 7) is 3.70. The van der Waals surface area contributed by atoms with Gasteiger partial charge in [-0.1, -0.05) is 25.1 Å². The summed E-state index contributed by atoms with van der Waals surface area (Å²) >= 11 is 0. The number of hydrogen-bond donors (Lipinski definition) is 1. The largest absolute Gasteiger partial charge is 0.488 e. The fraction of sp³-hybridized carbons (Fsp3) is 0.562. The molecule has 0 bridgehead atoms. The van der Waals surface area contributed by atoms with Crippen molar-refractivity contribution < 1.29 is 14.6 Å². The Morgan fingerprint density at radius 2 is 2.25 bits per heavy atom. The van der Waals surface area contributed by atoms with Crippen molar-refractivity contribution in [3.05, 3.63) is 29.8 Å². The van der Waals surface area contributed by atoms with Gasteiger partial charge in [-0.25, -0.2) is 0 Å². The van der Waals surface area contributed by atoms with Gasteiger partial charge in [0.1, 0.15) is 17.9 Å². The SMILES string of the molecule is CC1CCN(CC2Cc3ccccc3O2)C(C(=O)O)C1. The molecule has 0 aromatic heterocycles. The van der Waals surface area contributed by atoms with Gasteiger partial charge in [-0.3, -0.25) is 9.69 Å². The average molecular weight is 275 g/mol. The lowest BCUT2D eigenvalue weighted by atomic mass is 9.92. The number of likely N-dealkylation sites (tertiary alicyclic amines) is 1. The first kappa shape index (κ1) is 13.4. The Labute approximate surface area is 119 Å². The number of nitrogens with zero attached hydrogens (tertiary/aromatic N) is 1. The molecule has 20 heavy (non-hydrogen) atoms. The summed E-state index contributed by atoms with van der Waals surface area (Å²) in [5, 5.41) is 9.39. The minimum absolute atomic E-state index is 0.0858. The highest BCUT2D eigenvalue weighted by Gasteiger charge is 2.34. The van der Waals surface area contributed by atoms with E-state index in [1.165, 1.54) is 5.56 Å². The van der Waals surface area contributed by atoms with Gasteiger partial charge in [-0.05, 0) is 36.9 Å². The molecule has 0 aliphatic carbocycles. The van der Waals surface area contributed by atoms with E-state index in [0.29, 0.717) is 12.5 Å². The first-order valence-corrected chi connectivity index (χ1v) is 7.35. The predicted octanol–water partition coefficient (Wildman–Crippen LogP) is 2.18. The van der Waals surface area contributed by atoms with Crippen LogP contribution in [0.1, 0.15) is 25.3 Å². The zero-order valence-corrected chi connectivity index (χ0v) is 11.8. The molecule has 4 nitrogen and oxygen atoms in total. The molecular formula is C16H21NO3. The Hall–Kier alpha value is -1.55. The van der Waals surface area contributed by atoms with Crippen molar-refractivity contribution in [1.29, 1.82) is 0 Å². The van der Waals surface area contributed by atoms with Gasteiger partial charge in [0.2, 0.25) is 0 Å². The van der Waals surface area contributed by atoms with Gasteiger partial charge in [0, 0.05) is 13.0 Å². The van der Waals surface area contributed by atoms with Crippen LogP contribution < -0.4 is 4.74 Å². The third-order valence-corrected chi connectivity index (χ3v) is 4.41. The van der Waals surface area contributed by atoms with E-state index in [1.807, 2.05) is 18.2 Å². The molecule has 0 amide bonds. The van der Waals surface area contributed by atoms with Crippen molar-refractivity contribution >= 4 is 5.97 Å². The van der Waals surface area contributed by atoms with Crippen LogP contribution in [0.5, 0.6) is 5.75 Å². The minimum Gasteiger partial charge on any atom is -0.488 e. The summed E-state index contributed by atoms with van der Waals surface area (Å²) in [7, 11) is 0. The van der Waals surface area contributed by atoms with Gasteiger partial charge in [0.15, 0.2) is 0 Å². The van der Waals surface area contributed by atoms with Crippen LogP contribution in [-0.4, -0.2) is 41.2 Å². The number of carbonyl (C=O) groups is 1. The van der Waals surface area contributed by atoms with Gasteiger partial charge in [0.25, 0.3) is 0 Å². The Balaban J connectivity index is 1.65. The number of aliphatic carboxylic acids is 1. The molecule has 1 N–H and O–H groups in total. The van der Waals surface area contributed by atoms with Crippen molar-refractivity contribution in [2.75, 3.05) is 13.1 Å². The smallest absolute Gasteiger partial charge is 0.320 e. The van der Waals surface area contributed by atoms with E-state index >= 15 is 0 Å². The van der Waals surface area contributed by atoms with E-state index in [9.17, 15) is 9.90 Å². The van der Waals surface area contributed by atoms with Gasteiger partial charge in [0.05, 0.1) is 0 Å². The quantitative estimate of drug-likeness (QED) is 0.918. The standard InChI is InChI=1S/C16H21NO3/c1-11-6-7-17(14(8-11)16(18)19)10-13-9-12-4-2-3-5-15(12)20-13/h2-5,11,13-14H,6-10H2,1H3,(H,18,19). The maximum Gasteiger partial charge on any atom is 0.320 e. The van der Waals surface area contributed by atoms with Crippen LogP contribution in [-0.2, 0) is 11.2 Å². The first-order chi connectivity index (χ1) is 9.63. The van der Waals surface area contributed by atoms with Crippen LogP contribution in [0.3, 0.4) is 0 Å². The number of carboxylic acid groups (broad SMARTS) is 1. The van der Waals surface area contributed by atoms with Crippen LogP contribution in [0.25, 0.3) is 0 Å². The van der Waals surface area contributed by atoms with E-state index in [2.05, 4.69) is 17.9 Å². The summed E-state index contributed by atoms with van der Waals surface area (Å²) < 4.78 is 5.93. The van der Waals surface area contributed by atoms with E-state index in [-0.39, 0.29) is 12.1 Å². The van der Waals surface area contributed by atoms with Crippen molar-refractivity contribution in [3.63, 3.8) is 0 Å². The zero-order valence-electron chi connectivity index (χ0n) is 11.8. The van der Waals surface area contributed by atoms with Crippen LogP contribution in [0.4, 0.5) is 0 Å². The molecule has 1 aromatic rings. The van der Waals surface area contributed by atoms with Gasteiger partial charge in [-0.2, -0.15) is 0 Å². The molecule has 108 valence electrons. The van der Waals surface area contributed by atoms with Gasteiger partial charge in [-0.15, -0.1) is 0 Å². The molecule has 1 saturated heterocycles. The minimum atomic E-state index is -0.702. The van der Waals surface area contributed by atoms with Crippen molar-refractivity contribution in [1.82, 2.24) is 4.90 Å². The monoisotopic (exact) mass is 275 g/mol. The van der Waals surface area contributed by atoms with Gasteiger partial charge < -0.3 is 9.84 Å². The lowest BCUT2D eigenvalue weighted by Gasteiger charge is -2.37. The Morgan fingerprint density at radius 1 is 1.45 bits per heavy atom. The molecule has 1 fully saturated rings. The number of ether oxygens (including phenoxy) is 1. The average Bonchev–Trinajstić information content (AvgIpc) is 2.82. The summed E-state index contributed by atoms with van der Waals surface area (Å²) in [5.74, 6) is 0.746. The lowest BCUT2D eigenvalue weighted by Crippen LogP contribution is -2.50. The zero-order chi connectivity index (χ0) is 14.1. The Kier molecular flexibility index (Phi) is 3.66. The molecule has 3 unspecified atom stereocenters. The second kappa shape index (κ2) is 5.44. The third-order valence-electron chi connectivity index (χ3n) is 4.41. The molecule has 0 saturated carbocycles. The van der Waals surface area contributed by atoms with Crippen molar-refractivity contribution in [3.8, 4) is 5.75 Å². The van der Waals surface area contributed by atoms with Crippen LogP contribution >= 0.6 is 0 Å². The van der Waals surface area contributed by atoms with E-state index < -0.39 is 5.97 Å². The fourth-order valence-corrected chi connectivity index (χ4v) is 3.28. The van der Waals surface area contributed by atoms with Crippen LogP contribution in [0.15, 0.2) is 24.3 Å². The Bertz CT molecular complexity index is 477. The summed E-state index contributed by atoms with van der Waals surface area (Å²) in [6, 6.07) is 7.72. The third kappa shape index (κ3) is 2.66. The van der Waals surface area contributed by atoms with Gasteiger partial charge >= 0.3 is 5.97 Å². The highest BCUT2D eigenvalue weighted by Crippen LogP contribution is 2.30. The molecule has 2 aliphatic rings. The fourth-order valence-electron chi connectivity index (χ4n) is 3.28. The molecule has 0 spiro atoms. The summed E-state index contributed by atoms with van der Waals surface area (Å²) in [6.07, 6.45) is 2.79. The number of para-hydroxylation sites is 1. The number of hydrogen-bond acceptors (Lipinski definition) is 3. The highest BCUT2D eigenvalue weighted by atomic mass is 16.5. The second-order valence-corrected chi connectivity index (χ2v) is 6.03. The van der Waals surface area contributed by atoms with E-state index in [0.717, 1.165) is 31.6 Å². The first-order valence-electron chi connectivity index (χ1n) is 7.35. The highest BCUT2D eigenvalue weighted by molar-refractivity contribution is 5.73. The maximum atomic E-state index is 11.4. The normalized spacial score (nSPS) is 29.8. The number of rotatable bonds is 3. The molecular weight excluding hydrogens is 254 g/mol. The number of piperidine rings is 1. The summed E-state index contributed by atoms with van der Waals surface area (Å²) in [5.41, 5.74) is 1.23. The molecule has 3 atom stereocenters. The molecule has 0 radical (unpaired) electrons. The summed E-state index contributed by atoms with van der Waals surface area (Å²) in [4.78, 5) is 13.5. The van der Waals surface area contributed by atoms with Crippen LogP contribution in [0.2, 0.25) is 0 Å². The van der Waals surface area contributed by atoms with Crippen LogP contribution in [0, 0.1) is 5.92 Å². The Morgan fingerprint density at radius 3 is 3.00 bits per heavy atom. The topological polar surface area (TPSA) is 49.8 Å². The number of benzene rings is 1. The molecule has 1 aromatic carbocycles. The van der Waals surface area contributed by atoms with Crippen molar-refractivity contribution in [2.24, 2.45) is 5.92 Å². The van der Waals surface area contributed by atoms with E-state index in [1.54, 1.807) is 0 Å².